The molecule has 0 radical (unpaired) electrons. The monoisotopic (exact) mass is 220 g/mol. The van der Waals surface area contributed by atoms with E-state index >= 15 is 0 Å². The quantitative estimate of drug-likeness (QED) is 0.660. The van der Waals surface area contributed by atoms with Crippen molar-refractivity contribution in [2.45, 2.75) is 17.7 Å². The molecule has 0 bridgehead atoms. The van der Waals surface area contributed by atoms with Crippen molar-refractivity contribution in [3.05, 3.63) is 29.4 Å². The Morgan fingerprint density at radius 2 is 2.07 bits per heavy atom. The van der Waals surface area contributed by atoms with E-state index in [1.54, 1.807) is 0 Å². The first-order chi connectivity index (χ1) is 7.24. The first-order valence-corrected chi connectivity index (χ1v) is 6.95. The molecule has 1 aromatic heterocycles. The third kappa shape index (κ3) is 1.91. The first-order valence-electron chi connectivity index (χ1n) is 5.38. The molecule has 0 spiro atoms. The largest absolute Gasteiger partial charge is 0.346 e. The van der Waals surface area contributed by atoms with Gasteiger partial charge in [-0.25, -0.2) is 0 Å². The highest BCUT2D eigenvalue weighted by Gasteiger charge is 2.28. The predicted octanol–water partition coefficient (Wildman–Crippen LogP) is 1.17. The molecule has 1 nitrogen and oxygen atoms in total. The van der Waals surface area contributed by atoms with Crippen LogP contribution in [0.15, 0.2) is 23.7 Å². The van der Waals surface area contributed by atoms with Gasteiger partial charge in [0.25, 0.3) is 0 Å². The summed E-state index contributed by atoms with van der Waals surface area (Å²) in [6.45, 7) is 7.96. The van der Waals surface area contributed by atoms with Crippen molar-refractivity contribution in [3.63, 3.8) is 0 Å². The number of aryl methyl sites for hydroxylation is 1. The summed E-state index contributed by atoms with van der Waals surface area (Å²) in [5.74, 6) is 2.72. The van der Waals surface area contributed by atoms with Gasteiger partial charge in [0.2, 0.25) is 0 Å². The van der Waals surface area contributed by atoms with E-state index < -0.39 is 0 Å². The Morgan fingerprint density at radius 3 is 2.67 bits per heavy atom. The molecule has 2 heterocycles. The smallest absolute Gasteiger partial charge is 0.179 e. The molecule has 2 rings (SSSR count). The van der Waals surface area contributed by atoms with Gasteiger partial charge in [-0.3, -0.25) is 0 Å². The minimum atomic E-state index is 0.467. The lowest BCUT2D eigenvalue weighted by molar-refractivity contribution is 0.885. The van der Waals surface area contributed by atoms with Crippen LogP contribution in [0.5, 0.6) is 0 Å². The molecule has 0 N–H and O–H groups in total. The minimum Gasteiger partial charge on any atom is -0.346 e. The van der Waals surface area contributed by atoms with E-state index in [0.717, 1.165) is 0 Å². The summed E-state index contributed by atoms with van der Waals surface area (Å²) < 4.78 is 2.17. The lowest BCUT2D eigenvalue weighted by Crippen LogP contribution is -2.28. The van der Waals surface area contributed by atoms with Gasteiger partial charge in [0.15, 0.2) is 4.90 Å². The van der Waals surface area contributed by atoms with Crippen LogP contribution in [-0.4, -0.2) is 16.1 Å². The maximum Gasteiger partial charge on any atom is 0.179 e. The Morgan fingerprint density at radius 1 is 1.40 bits per heavy atom. The van der Waals surface area contributed by atoms with Crippen LogP contribution in [-0.2, 0) is 17.9 Å². The summed E-state index contributed by atoms with van der Waals surface area (Å²) in [5, 5.41) is 2.42. The van der Waals surface area contributed by atoms with Crippen molar-refractivity contribution < 1.29 is 0 Å². The normalized spacial score (nSPS) is 18.6. The van der Waals surface area contributed by atoms with Gasteiger partial charge in [-0.2, -0.15) is 0 Å². The van der Waals surface area contributed by atoms with E-state index in [0.29, 0.717) is 10.9 Å². The van der Waals surface area contributed by atoms with E-state index in [2.05, 4.69) is 31.0 Å². The van der Waals surface area contributed by atoms with Crippen molar-refractivity contribution >= 4 is 23.5 Å². The summed E-state index contributed by atoms with van der Waals surface area (Å²) in [6, 6.07) is 0. The number of rotatable bonds is 2. The average molecular weight is 220 g/mol. The SMILES string of the molecule is C=C/C=c1\c(=C)c([S+]2CCCC2)cn1C. The van der Waals surface area contributed by atoms with Crippen LogP contribution in [0.3, 0.4) is 0 Å². The van der Waals surface area contributed by atoms with Crippen LogP contribution in [0.1, 0.15) is 12.8 Å². The van der Waals surface area contributed by atoms with Gasteiger partial charge >= 0.3 is 0 Å². The van der Waals surface area contributed by atoms with E-state index in [1.165, 1.54) is 39.8 Å². The minimum absolute atomic E-state index is 0.467. The molecule has 0 unspecified atom stereocenters. The Labute approximate surface area is 94.2 Å². The molecule has 1 fully saturated rings. The van der Waals surface area contributed by atoms with Gasteiger partial charge in [-0.15, -0.1) is 0 Å². The highest BCUT2D eigenvalue weighted by atomic mass is 32.2. The second kappa shape index (κ2) is 4.31. The summed E-state index contributed by atoms with van der Waals surface area (Å²) in [5.41, 5.74) is 0. The molecule has 0 amide bonds. The van der Waals surface area contributed by atoms with Gasteiger partial charge < -0.3 is 4.57 Å². The van der Waals surface area contributed by atoms with E-state index in [-0.39, 0.29) is 0 Å². The molecule has 2 heteroatoms. The number of aromatic nitrogens is 1. The Bertz CT molecular complexity index is 463. The van der Waals surface area contributed by atoms with Gasteiger partial charge in [-0.1, -0.05) is 19.2 Å². The van der Waals surface area contributed by atoms with Crippen molar-refractivity contribution in [1.82, 2.24) is 4.57 Å². The fraction of sp³-hybridized carbons (Fsp3) is 0.385. The summed E-state index contributed by atoms with van der Waals surface area (Å²) in [6.07, 6.45) is 8.92. The van der Waals surface area contributed by atoms with Crippen molar-refractivity contribution in [2.24, 2.45) is 7.05 Å². The third-order valence-electron chi connectivity index (χ3n) is 2.92. The Kier molecular flexibility index (Phi) is 3.06. The number of allylic oxidation sites excluding steroid dienone is 1. The molecule has 15 heavy (non-hydrogen) atoms. The highest BCUT2D eigenvalue weighted by molar-refractivity contribution is 7.97. The maximum atomic E-state index is 4.21. The Balaban J connectivity index is 2.50. The van der Waals surface area contributed by atoms with Crippen LogP contribution < -0.4 is 10.6 Å². The van der Waals surface area contributed by atoms with Crippen molar-refractivity contribution in [1.29, 1.82) is 0 Å². The predicted molar refractivity (Wildman–Crippen MR) is 69.4 cm³/mol. The Hall–Kier alpha value is -0.890. The maximum absolute atomic E-state index is 4.21. The molecule has 80 valence electrons. The summed E-state index contributed by atoms with van der Waals surface area (Å²) >= 11 is 0. The van der Waals surface area contributed by atoms with Crippen LogP contribution in [0, 0.1) is 0 Å². The van der Waals surface area contributed by atoms with Crippen LogP contribution >= 0.6 is 0 Å². The summed E-state index contributed by atoms with van der Waals surface area (Å²) in [7, 11) is 2.56. The number of hydrogen-bond donors (Lipinski definition) is 0. The number of nitrogens with zero attached hydrogens (tertiary/aromatic N) is 1. The van der Waals surface area contributed by atoms with E-state index in [9.17, 15) is 0 Å². The molecule has 0 aliphatic carbocycles. The van der Waals surface area contributed by atoms with Crippen molar-refractivity contribution in [2.75, 3.05) is 11.5 Å². The molecule has 1 aromatic rings. The second-order valence-electron chi connectivity index (χ2n) is 3.98. The molecule has 0 aromatic carbocycles. The zero-order valence-electron chi connectivity index (χ0n) is 9.33. The second-order valence-corrected chi connectivity index (χ2v) is 6.22. The van der Waals surface area contributed by atoms with E-state index in [1.807, 2.05) is 12.2 Å². The van der Waals surface area contributed by atoms with Crippen LogP contribution in [0.25, 0.3) is 12.7 Å². The molecule has 1 aliphatic heterocycles. The van der Waals surface area contributed by atoms with Gasteiger partial charge in [0, 0.05) is 23.2 Å². The standard InChI is InChI=1S/C13H18NS/c1-4-7-12-11(2)13(10-14(12)3)15-8-5-6-9-15/h4,7,10H,1-2,5-6,8-9H2,3H3/q+1/b12-7+. The first kappa shape index (κ1) is 10.6. The highest BCUT2D eigenvalue weighted by Crippen LogP contribution is 2.19. The zero-order valence-corrected chi connectivity index (χ0v) is 10.1. The van der Waals surface area contributed by atoms with Gasteiger partial charge in [-0.05, 0) is 18.9 Å². The molecule has 1 aliphatic rings. The average Bonchev–Trinajstić information content (AvgIpc) is 2.81. The number of hydrogen-bond acceptors (Lipinski definition) is 0. The topological polar surface area (TPSA) is 4.93 Å². The van der Waals surface area contributed by atoms with Crippen molar-refractivity contribution in [3.8, 4) is 0 Å². The fourth-order valence-electron chi connectivity index (χ4n) is 2.12. The van der Waals surface area contributed by atoms with Crippen LogP contribution in [0.2, 0.25) is 0 Å². The zero-order chi connectivity index (χ0) is 10.8. The lowest BCUT2D eigenvalue weighted by atomic mass is 10.4. The molecule has 1 saturated heterocycles. The van der Waals surface area contributed by atoms with Gasteiger partial charge in [0.05, 0.1) is 11.5 Å². The molecular formula is C13H18NS+. The van der Waals surface area contributed by atoms with Gasteiger partial charge in [0.1, 0.15) is 11.5 Å². The fourth-order valence-corrected chi connectivity index (χ4v) is 4.62. The molecule has 0 atom stereocenters. The lowest BCUT2D eigenvalue weighted by Gasteiger charge is -1.94. The molecule has 0 saturated carbocycles. The molecular weight excluding hydrogens is 202 g/mol. The van der Waals surface area contributed by atoms with E-state index in [4.69, 9.17) is 0 Å². The third-order valence-corrected chi connectivity index (χ3v) is 5.45. The van der Waals surface area contributed by atoms with Crippen LogP contribution in [0.4, 0.5) is 0 Å². The summed E-state index contributed by atoms with van der Waals surface area (Å²) in [4.78, 5) is 1.48.